The van der Waals surface area contributed by atoms with Crippen LogP contribution in [0.4, 0.5) is 10.5 Å². The van der Waals surface area contributed by atoms with Crippen molar-refractivity contribution in [2.75, 3.05) is 37.1 Å². The zero-order valence-electron chi connectivity index (χ0n) is 18.8. The van der Waals surface area contributed by atoms with Crippen LogP contribution in [-0.4, -0.2) is 61.5 Å². The summed E-state index contributed by atoms with van der Waals surface area (Å²) in [7, 11) is -4.05. The van der Waals surface area contributed by atoms with Crippen molar-refractivity contribution in [2.24, 2.45) is 0 Å². The van der Waals surface area contributed by atoms with Crippen molar-refractivity contribution in [3.63, 3.8) is 0 Å². The standard InChI is InChI=1S/C22H25Cl3N2O6S/c1-22(2,15-10-18(24)20(19(25)11-15)33-9-8-23)14-4-6-16(7-5-14)26-12-17(28)13-27(21(29)30)34(3,31)32/h4-7,10-11,26H,8-9,12-13H2,1-3H3,(H,29,30). The van der Waals surface area contributed by atoms with Crippen molar-refractivity contribution in [3.8, 4) is 5.75 Å². The van der Waals surface area contributed by atoms with Crippen LogP contribution in [0.2, 0.25) is 10.0 Å². The Kier molecular flexibility index (Phi) is 9.47. The molecule has 2 rings (SSSR count). The van der Waals surface area contributed by atoms with E-state index in [9.17, 15) is 18.0 Å². The van der Waals surface area contributed by atoms with Gasteiger partial charge in [-0.1, -0.05) is 49.2 Å². The summed E-state index contributed by atoms with van der Waals surface area (Å²) in [5.74, 6) is 0.0876. The Morgan fingerprint density at radius 3 is 2.12 bits per heavy atom. The molecule has 2 aromatic carbocycles. The van der Waals surface area contributed by atoms with Gasteiger partial charge in [0, 0.05) is 11.1 Å². The summed E-state index contributed by atoms with van der Waals surface area (Å²) in [6.45, 7) is 3.29. The second kappa shape index (κ2) is 11.5. The van der Waals surface area contributed by atoms with Gasteiger partial charge in [-0.05, 0) is 35.4 Å². The molecule has 0 unspecified atom stereocenters. The first-order valence-electron chi connectivity index (χ1n) is 10.0. The Bertz CT molecular complexity index is 1130. The fourth-order valence-electron chi connectivity index (χ4n) is 3.11. The maximum absolute atomic E-state index is 12.1. The number of carbonyl (C=O) groups is 2. The number of nitrogens with one attached hydrogen (secondary N) is 1. The van der Waals surface area contributed by atoms with Crippen LogP contribution in [0.15, 0.2) is 36.4 Å². The van der Waals surface area contributed by atoms with E-state index in [1.807, 2.05) is 26.0 Å². The summed E-state index contributed by atoms with van der Waals surface area (Å²) >= 11 is 18.4. The molecule has 0 saturated carbocycles. The van der Waals surface area contributed by atoms with E-state index in [1.165, 1.54) is 0 Å². The number of ether oxygens (including phenoxy) is 1. The predicted octanol–water partition coefficient (Wildman–Crippen LogP) is 4.86. The van der Waals surface area contributed by atoms with Crippen LogP contribution in [0.5, 0.6) is 5.75 Å². The van der Waals surface area contributed by atoms with Gasteiger partial charge in [0.2, 0.25) is 10.0 Å². The number of alkyl halides is 1. The van der Waals surface area contributed by atoms with Crippen molar-refractivity contribution in [2.45, 2.75) is 19.3 Å². The molecule has 0 heterocycles. The fourth-order valence-corrected chi connectivity index (χ4v) is 4.45. The lowest BCUT2D eigenvalue weighted by molar-refractivity contribution is -0.117. The average molecular weight is 552 g/mol. The van der Waals surface area contributed by atoms with Crippen molar-refractivity contribution < 1.29 is 27.9 Å². The summed E-state index contributed by atoms with van der Waals surface area (Å²) in [5, 5.41) is 12.6. The van der Waals surface area contributed by atoms with Gasteiger partial charge < -0.3 is 15.2 Å². The summed E-state index contributed by atoms with van der Waals surface area (Å²) in [6.07, 6.45) is -0.982. The maximum Gasteiger partial charge on any atom is 0.421 e. The second-order valence-electron chi connectivity index (χ2n) is 7.95. The number of hydrogen-bond donors (Lipinski definition) is 2. The van der Waals surface area contributed by atoms with Gasteiger partial charge in [-0.3, -0.25) is 4.79 Å². The van der Waals surface area contributed by atoms with E-state index >= 15 is 0 Å². The maximum atomic E-state index is 12.1. The Labute approximate surface area is 213 Å². The number of halogens is 3. The van der Waals surface area contributed by atoms with Gasteiger partial charge in [0.05, 0.1) is 28.7 Å². The third-order valence-corrected chi connectivity index (χ3v) is 6.88. The van der Waals surface area contributed by atoms with Gasteiger partial charge >= 0.3 is 6.09 Å². The molecular weight excluding hydrogens is 527 g/mol. The molecule has 2 aromatic rings. The number of nitrogens with zero attached hydrogens (tertiary/aromatic N) is 1. The van der Waals surface area contributed by atoms with Gasteiger partial charge in [-0.2, -0.15) is 4.31 Å². The Balaban J connectivity index is 2.11. The number of Topliss-reactive ketones (excluding diaryl/α,β-unsaturated/α-hetero) is 1. The minimum absolute atomic E-state index is 0.102. The first-order chi connectivity index (χ1) is 15.8. The Hall–Kier alpha value is -2.20. The molecule has 12 heteroatoms. The molecule has 0 fully saturated rings. The highest BCUT2D eigenvalue weighted by Crippen LogP contribution is 2.40. The molecule has 0 saturated heterocycles. The van der Waals surface area contributed by atoms with Crippen LogP contribution >= 0.6 is 34.8 Å². The predicted molar refractivity (Wildman–Crippen MR) is 134 cm³/mol. The minimum atomic E-state index is -4.05. The minimum Gasteiger partial charge on any atom is -0.489 e. The van der Waals surface area contributed by atoms with E-state index in [0.717, 1.165) is 17.4 Å². The number of sulfonamides is 1. The number of hydrogen-bond acceptors (Lipinski definition) is 6. The van der Waals surface area contributed by atoms with Crippen LogP contribution in [0, 0.1) is 0 Å². The molecule has 2 N–H and O–H groups in total. The van der Waals surface area contributed by atoms with Gasteiger partial charge in [0.15, 0.2) is 11.5 Å². The van der Waals surface area contributed by atoms with E-state index in [4.69, 9.17) is 44.6 Å². The quantitative estimate of drug-likeness (QED) is 0.384. The highest BCUT2D eigenvalue weighted by Gasteiger charge is 2.26. The van der Waals surface area contributed by atoms with Crippen LogP contribution < -0.4 is 10.1 Å². The molecule has 186 valence electrons. The lowest BCUT2D eigenvalue weighted by Gasteiger charge is -2.27. The molecule has 0 aliphatic rings. The van der Waals surface area contributed by atoms with Crippen molar-refractivity contribution in [1.29, 1.82) is 0 Å². The first kappa shape index (κ1) is 28.0. The Morgan fingerprint density at radius 2 is 1.65 bits per heavy atom. The monoisotopic (exact) mass is 550 g/mol. The molecule has 34 heavy (non-hydrogen) atoms. The van der Waals surface area contributed by atoms with E-state index in [1.54, 1.807) is 24.3 Å². The summed E-state index contributed by atoms with van der Waals surface area (Å²) in [6, 6.07) is 10.8. The normalized spacial score (nSPS) is 11.7. The zero-order chi connectivity index (χ0) is 25.7. The van der Waals surface area contributed by atoms with Crippen LogP contribution in [0.25, 0.3) is 0 Å². The van der Waals surface area contributed by atoms with E-state index in [0.29, 0.717) is 27.4 Å². The third kappa shape index (κ3) is 7.15. The highest BCUT2D eigenvalue weighted by atomic mass is 35.5. The largest absolute Gasteiger partial charge is 0.489 e. The topological polar surface area (TPSA) is 113 Å². The SMILES string of the molecule is CC(C)(c1ccc(NCC(=O)CN(C(=O)O)S(C)(=O)=O)cc1)c1cc(Cl)c(OCCCl)c(Cl)c1. The molecule has 1 amide bonds. The zero-order valence-corrected chi connectivity index (χ0v) is 21.9. The molecule has 0 aliphatic heterocycles. The molecule has 0 aromatic heterocycles. The van der Waals surface area contributed by atoms with E-state index in [2.05, 4.69) is 5.32 Å². The van der Waals surface area contributed by atoms with Gasteiger partial charge in [0.1, 0.15) is 13.2 Å². The lowest BCUT2D eigenvalue weighted by atomic mass is 9.78. The molecule has 0 aliphatic carbocycles. The lowest BCUT2D eigenvalue weighted by Crippen LogP contribution is -2.40. The van der Waals surface area contributed by atoms with Gasteiger partial charge in [-0.15, -0.1) is 11.6 Å². The smallest absolute Gasteiger partial charge is 0.421 e. The molecule has 0 bridgehead atoms. The average Bonchev–Trinajstić information content (AvgIpc) is 2.74. The van der Waals surface area contributed by atoms with E-state index in [-0.39, 0.29) is 17.5 Å². The van der Waals surface area contributed by atoms with Gasteiger partial charge in [0.25, 0.3) is 0 Å². The number of anilines is 1. The number of carboxylic acid groups (broad SMARTS) is 1. The first-order valence-corrected chi connectivity index (χ1v) is 13.2. The van der Waals surface area contributed by atoms with Gasteiger partial charge in [-0.25, -0.2) is 13.2 Å². The number of ketones is 1. The molecular formula is C22H25Cl3N2O6S. The fraction of sp³-hybridized carbons (Fsp3) is 0.364. The van der Waals surface area contributed by atoms with Crippen LogP contribution in [0.1, 0.15) is 25.0 Å². The van der Waals surface area contributed by atoms with Crippen LogP contribution in [-0.2, 0) is 20.2 Å². The van der Waals surface area contributed by atoms with Crippen molar-refractivity contribution >= 4 is 62.4 Å². The second-order valence-corrected chi connectivity index (χ2v) is 11.1. The van der Waals surface area contributed by atoms with Crippen molar-refractivity contribution in [1.82, 2.24) is 4.31 Å². The summed E-state index contributed by atoms with van der Waals surface area (Å²) < 4.78 is 28.6. The number of benzene rings is 2. The highest BCUT2D eigenvalue weighted by molar-refractivity contribution is 7.88. The third-order valence-electron chi connectivity index (χ3n) is 5.07. The molecule has 0 radical (unpaired) electrons. The molecule has 0 atom stereocenters. The van der Waals surface area contributed by atoms with Crippen molar-refractivity contribution in [3.05, 3.63) is 57.6 Å². The number of amides is 1. The summed E-state index contributed by atoms with van der Waals surface area (Å²) in [5.41, 5.74) is 1.95. The summed E-state index contributed by atoms with van der Waals surface area (Å²) in [4.78, 5) is 23.1. The molecule has 8 nitrogen and oxygen atoms in total. The Morgan fingerprint density at radius 1 is 1.09 bits per heavy atom. The van der Waals surface area contributed by atoms with Crippen LogP contribution in [0.3, 0.4) is 0 Å². The number of carbonyl (C=O) groups excluding carboxylic acids is 1. The van der Waals surface area contributed by atoms with E-state index < -0.39 is 33.9 Å². The molecule has 0 spiro atoms. The number of rotatable bonds is 11.